The van der Waals surface area contributed by atoms with Gasteiger partial charge in [-0.25, -0.2) is 0 Å². The molecule has 1 aliphatic rings. The van der Waals surface area contributed by atoms with E-state index in [1.807, 2.05) is 0 Å². The van der Waals surface area contributed by atoms with E-state index in [4.69, 9.17) is 0 Å². The lowest BCUT2D eigenvalue weighted by Gasteiger charge is -2.35. The summed E-state index contributed by atoms with van der Waals surface area (Å²) in [6.45, 7) is 6.23. The van der Waals surface area contributed by atoms with Gasteiger partial charge < -0.3 is 9.69 Å². The zero-order chi connectivity index (χ0) is 12.3. The van der Waals surface area contributed by atoms with Gasteiger partial charge >= 0.3 is 0 Å². The largest absolute Gasteiger partial charge is 0.304 e. The molecule has 0 N–H and O–H groups in total. The number of thiophene rings is 1. The van der Waals surface area contributed by atoms with Crippen LogP contribution < -0.4 is 0 Å². The van der Waals surface area contributed by atoms with Crippen LogP contribution in [0.5, 0.6) is 0 Å². The number of aldehydes is 1. The molecule has 1 aromatic heterocycles. The topological polar surface area (TPSA) is 23.6 Å². The molecule has 1 fully saturated rings. The van der Waals surface area contributed by atoms with Crippen LogP contribution in [0.1, 0.15) is 22.7 Å². The molecule has 2 heterocycles. The van der Waals surface area contributed by atoms with Gasteiger partial charge in [0.2, 0.25) is 0 Å². The Kier molecular flexibility index (Phi) is 4.31. The molecule has 3 nitrogen and oxygen atoms in total. The van der Waals surface area contributed by atoms with Gasteiger partial charge in [0.1, 0.15) is 12.3 Å². The van der Waals surface area contributed by atoms with E-state index in [9.17, 15) is 4.79 Å². The predicted octanol–water partition coefficient (Wildman–Crippen LogP) is 1.80. The van der Waals surface area contributed by atoms with Crippen molar-refractivity contribution in [2.24, 2.45) is 0 Å². The van der Waals surface area contributed by atoms with Crippen molar-refractivity contribution < 1.29 is 4.79 Å². The maximum atomic E-state index is 11.3. The van der Waals surface area contributed by atoms with E-state index in [-0.39, 0.29) is 6.04 Å². The summed E-state index contributed by atoms with van der Waals surface area (Å²) in [6.07, 6.45) is 2.15. The molecule has 94 valence electrons. The van der Waals surface area contributed by atoms with Gasteiger partial charge in [-0.05, 0) is 25.6 Å². The summed E-state index contributed by atoms with van der Waals surface area (Å²) in [5, 5.41) is 0. The second-order valence-electron chi connectivity index (χ2n) is 4.58. The van der Waals surface area contributed by atoms with Crippen LogP contribution in [0.4, 0.5) is 0 Å². The molecule has 2 rings (SSSR count). The van der Waals surface area contributed by atoms with Crippen molar-refractivity contribution in [3.63, 3.8) is 0 Å². The number of likely N-dealkylation sites (N-methyl/N-ethyl adjacent to an activating group) is 1. The Bertz CT molecular complexity index is 369. The summed E-state index contributed by atoms with van der Waals surface area (Å²) in [5.74, 6) is 0. The minimum absolute atomic E-state index is 0.0333. The van der Waals surface area contributed by atoms with Gasteiger partial charge in [0, 0.05) is 35.9 Å². The van der Waals surface area contributed by atoms with Crippen LogP contribution in [0, 0.1) is 0 Å². The quantitative estimate of drug-likeness (QED) is 0.763. The molecule has 0 saturated carbocycles. The van der Waals surface area contributed by atoms with E-state index < -0.39 is 0 Å². The van der Waals surface area contributed by atoms with Gasteiger partial charge in [-0.1, -0.05) is 6.92 Å². The lowest BCUT2D eigenvalue weighted by atomic mass is 10.2. The molecule has 0 radical (unpaired) electrons. The van der Waals surface area contributed by atoms with E-state index in [1.165, 1.54) is 9.75 Å². The standard InChI is InChI=1S/C13H20N2OS/c1-3-11-4-5-13(17-11)12(10-16)15-8-6-14(2)7-9-15/h4-5,10,12H,3,6-9H2,1-2H3. The lowest BCUT2D eigenvalue weighted by Crippen LogP contribution is -2.46. The van der Waals surface area contributed by atoms with Crippen LogP contribution in [0.15, 0.2) is 12.1 Å². The highest BCUT2D eigenvalue weighted by Crippen LogP contribution is 2.27. The maximum absolute atomic E-state index is 11.3. The molecule has 1 aliphatic heterocycles. The first kappa shape index (κ1) is 12.7. The van der Waals surface area contributed by atoms with E-state index in [1.54, 1.807) is 11.3 Å². The molecule has 0 amide bonds. The fourth-order valence-electron chi connectivity index (χ4n) is 2.18. The molecular formula is C13H20N2OS. The smallest absolute Gasteiger partial charge is 0.142 e. The third-order valence-corrected chi connectivity index (χ3v) is 4.68. The number of aryl methyl sites for hydroxylation is 1. The summed E-state index contributed by atoms with van der Waals surface area (Å²) in [4.78, 5) is 18.5. The minimum atomic E-state index is -0.0333. The van der Waals surface area contributed by atoms with E-state index in [2.05, 4.69) is 35.9 Å². The fourth-order valence-corrected chi connectivity index (χ4v) is 3.22. The van der Waals surface area contributed by atoms with Gasteiger partial charge in [-0.2, -0.15) is 0 Å². The molecule has 0 spiro atoms. The summed E-state index contributed by atoms with van der Waals surface area (Å²) in [6, 6.07) is 4.22. The summed E-state index contributed by atoms with van der Waals surface area (Å²) < 4.78 is 0. The van der Waals surface area contributed by atoms with Crippen LogP contribution in [0.3, 0.4) is 0 Å². The van der Waals surface area contributed by atoms with Crippen molar-refractivity contribution in [2.45, 2.75) is 19.4 Å². The van der Waals surface area contributed by atoms with Crippen LogP contribution in [0.25, 0.3) is 0 Å². The summed E-state index contributed by atoms with van der Waals surface area (Å²) >= 11 is 1.77. The van der Waals surface area contributed by atoms with Crippen LogP contribution in [-0.4, -0.2) is 49.3 Å². The second kappa shape index (κ2) is 5.76. The number of piperazine rings is 1. The number of hydrogen-bond donors (Lipinski definition) is 0. The highest BCUT2D eigenvalue weighted by Gasteiger charge is 2.24. The SMILES string of the molecule is CCc1ccc(C(C=O)N2CCN(C)CC2)s1. The molecule has 1 aromatic rings. The van der Waals surface area contributed by atoms with E-state index in [0.29, 0.717) is 0 Å². The molecule has 0 aliphatic carbocycles. The highest BCUT2D eigenvalue weighted by molar-refractivity contribution is 7.12. The average Bonchev–Trinajstić information content (AvgIpc) is 2.81. The minimum Gasteiger partial charge on any atom is -0.304 e. The molecule has 0 bridgehead atoms. The van der Waals surface area contributed by atoms with Crippen LogP contribution in [0.2, 0.25) is 0 Å². The molecule has 17 heavy (non-hydrogen) atoms. The normalized spacial score (nSPS) is 20.4. The van der Waals surface area contributed by atoms with Crippen molar-refractivity contribution in [1.82, 2.24) is 9.80 Å². The van der Waals surface area contributed by atoms with E-state index in [0.717, 1.165) is 38.9 Å². The summed E-state index contributed by atoms with van der Waals surface area (Å²) in [5.41, 5.74) is 0. The lowest BCUT2D eigenvalue weighted by molar-refractivity contribution is -0.113. The van der Waals surface area contributed by atoms with Gasteiger partial charge in [-0.15, -0.1) is 11.3 Å². The van der Waals surface area contributed by atoms with Gasteiger partial charge in [0.05, 0.1) is 0 Å². The average molecular weight is 252 g/mol. The Hall–Kier alpha value is -0.710. The van der Waals surface area contributed by atoms with Gasteiger partial charge in [0.25, 0.3) is 0 Å². The monoisotopic (exact) mass is 252 g/mol. The molecule has 1 unspecified atom stereocenters. The Morgan fingerprint density at radius 1 is 1.35 bits per heavy atom. The maximum Gasteiger partial charge on any atom is 0.142 e. The van der Waals surface area contributed by atoms with Crippen molar-refractivity contribution >= 4 is 17.6 Å². The first-order chi connectivity index (χ1) is 8.24. The number of rotatable bonds is 4. The Balaban J connectivity index is 2.07. The Labute approximate surface area is 107 Å². The predicted molar refractivity (Wildman–Crippen MR) is 71.6 cm³/mol. The first-order valence-electron chi connectivity index (χ1n) is 6.21. The highest BCUT2D eigenvalue weighted by atomic mass is 32.1. The third kappa shape index (κ3) is 2.94. The van der Waals surface area contributed by atoms with Gasteiger partial charge in [-0.3, -0.25) is 4.90 Å². The molecule has 0 aromatic carbocycles. The van der Waals surface area contributed by atoms with Crippen molar-refractivity contribution in [3.8, 4) is 0 Å². The Morgan fingerprint density at radius 2 is 2.06 bits per heavy atom. The van der Waals surface area contributed by atoms with Crippen molar-refractivity contribution in [1.29, 1.82) is 0 Å². The number of carbonyl (C=O) groups excluding carboxylic acids is 1. The first-order valence-corrected chi connectivity index (χ1v) is 7.02. The third-order valence-electron chi connectivity index (χ3n) is 3.38. The Morgan fingerprint density at radius 3 is 2.59 bits per heavy atom. The number of carbonyl (C=O) groups is 1. The van der Waals surface area contributed by atoms with E-state index >= 15 is 0 Å². The molecule has 4 heteroatoms. The number of hydrogen-bond acceptors (Lipinski definition) is 4. The van der Waals surface area contributed by atoms with Crippen molar-refractivity contribution in [3.05, 3.63) is 21.9 Å². The number of nitrogens with zero attached hydrogens (tertiary/aromatic N) is 2. The summed E-state index contributed by atoms with van der Waals surface area (Å²) in [7, 11) is 2.13. The van der Waals surface area contributed by atoms with Crippen LogP contribution >= 0.6 is 11.3 Å². The second-order valence-corrected chi connectivity index (χ2v) is 5.78. The zero-order valence-electron chi connectivity index (χ0n) is 10.6. The fraction of sp³-hybridized carbons (Fsp3) is 0.615. The van der Waals surface area contributed by atoms with Crippen molar-refractivity contribution in [2.75, 3.05) is 33.2 Å². The van der Waals surface area contributed by atoms with Crippen LogP contribution in [-0.2, 0) is 11.2 Å². The molecule has 1 saturated heterocycles. The zero-order valence-corrected chi connectivity index (χ0v) is 11.4. The molecule has 1 atom stereocenters. The van der Waals surface area contributed by atoms with Gasteiger partial charge in [0.15, 0.2) is 0 Å². The molecular weight excluding hydrogens is 232 g/mol.